The molecule has 0 aliphatic rings. The van der Waals surface area contributed by atoms with Crippen LogP contribution in [-0.2, 0) is 17.6 Å². The fourth-order valence-corrected chi connectivity index (χ4v) is 2.44. The molecule has 112 valence electrons. The number of benzene rings is 1. The van der Waals surface area contributed by atoms with Gasteiger partial charge in [0.15, 0.2) is 0 Å². The number of nitrogens with one attached hydrogen (secondary N) is 2. The van der Waals surface area contributed by atoms with Gasteiger partial charge in [0.2, 0.25) is 5.91 Å². The summed E-state index contributed by atoms with van der Waals surface area (Å²) in [5.41, 5.74) is 4.93. The van der Waals surface area contributed by atoms with Crippen molar-refractivity contribution in [3.8, 4) is 0 Å². The number of hydrogen-bond donors (Lipinski definition) is 2. The highest BCUT2D eigenvalue weighted by molar-refractivity contribution is 5.78. The summed E-state index contributed by atoms with van der Waals surface area (Å²) >= 11 is 0. The van der Waals surface area contributed by atoms with Crippen LogP contribution in [0, 0.1) is 19.8 Å². The van der Waals surface area contributed by atoms with E-state index in [4.69, 9.17) is 0 Å². The van der Waals surface area contributed by atoms with Crippen LogP contribution in [0.5, 0.6) is 0 Å². The molecule has 0 saturated carbocycles. The number of H-pyrrole nitrogens is 1. The smallest absolute Gasteiger partial charge is 0.223 e. The minimum atomic E-state index is -0.00493. The first-order valence-electron chi connectivity index (χ1n) is 7.53. The fourth-order valence-electron chi connectivity index (χ4n) is 2.44. The molecule has 1 heterocycles. The SMILES string of the molecule is Cc1[nH]cc(CC(C)C(=O)NCCc2ccccc2)c1C. The van der Waals surface area contributed by atoms with Gasteiger partial charge in [0.05, 0.1) is 0 Å². The van der Waals surface area contributed by atoms with Crippen LogP contribution in [0.3, 0.4) is 0 Å². The Kier molecular flexibility index (Phi) is 5.20. The van der Waals surface area contributed by atoms with Crippen LogP contribution in [0.15, 0.2) is 36.5 Å². The van der Waals surface area contributed by atoms with Gasteiger partial charge in [-0.15, -0.1) is 0 Å². The van der Waals surface area contributed by atoms with Crippen LogP contribution in [0.4, 0.5) is 0 Å². The molecule has 1 aromatic carbocycles. The Balaban J connectivity index is 1.79. The Morgan fingerprint density at radius 1 is 1.24 bits per heavy atom. The van der Waals surface area contributed by atoms with Gasteiger partial charge in [-0.3, -0.25) is 4.79 Å². The zero-order valence-corrected chi connectivity index (χ0v) is 13.1. The lowest BCUT2D eigenvalue weighted by atomic mass is 9.99. The number of rotatable bonds is 6. The zero-order chi connectivity index (χ0) is 15.2. The monoisotopic (exact) mass is 284 g/mol. The number of carbonyl (C=O) groups is 1. The van der Waals surface area contributed by atoms with E-state index in [9.17, 15) is 4.79 Å². The number of aromatic nitrogens is 1. The van der Waals surface area contributed by atoms with Crippen molar-refractivity contribution in [2.75, 3.05) is 6.54 Å². The Hall–Kier alpha value is -2.03. The summed E-state index contributed by atoms with van der Waals surface area (Å²) in [5, 5.41) is 3.03. The van der Waals surface area contributed by atoms with Crippen LogP contribution in [0.2, 0.25) is 0 Å². The number of amides is 1. The molecule has 0 bridgehead atoms. The molecule has 2 aromatic rings. The predicted molar refractivity (Wildman–Crippen MR) is 86.3 cm³/mol. The van der Waals surface area contributed by atoms with E-state index in [1.807, 2.05) is 31.3 Å². The van der Waals surface area contributed by atoms with E-state index in [1.165, 1.54) is 22.4 Å². The first-order valence-corrected chi connectivity index (χ1v) is 7.53. The van der Waals surface area contributed by atoms with Gasteiger partial charge in [-0.1, -0.05) is 37.3 Å². The van der Waals surface area contributed by atoms with E-state index in [2.05, 4.69) is 36.3 Å². The number of carbonyl (C=O) groups excluding carboxylic acids is 1. The fraction of sp³-hybridized carbons (Fsp3) is 0.389. The van der Waals surface area contributed by atoms with Gasteiger partial charge >= 0.3 is 0 Å². The summed E-state index contributed by atoms with van der Waals surface area (Å²) in [6.07, 6.45) is 3.67. The second kappa shape index (κ2) is 7.11. The molecule has 0 radical (unpaired) electrons. The van der Waals surface area contributed by atoms with Crippen molar-refractivity contribution in [2.24, 2.45) is 5.92 Å². The average Bonchev–Trinajstić information content (AvgIpc) is 2.80. The topological polar surface area (TPSA) is 44.9 Å². The van der Waals surface area contributed by atoms with Crippen molar-refractivity contribution in [3.63, 3.8) is 0 Å². The highest BCUT2D eigenvalue weighted by Crippen LogP contribution is 2.16. The van der Waals surface area contributed by atoms with Gasteiger partial charge in [-0.2, -0.15) is 0 Å². The van der Waals surface area contributed by atoms with Crippen LogP contribution in [0.25, 0.3) is 0 Å². The minimum absolute atomic E-state index is 0.00493. The Labute approximate surface area is 126 Å². The minimum Gasteiger partial charge on any atom is -0.365 e. The van der Waals surface area contributed by atoms with Crippen molar-refractivity contribution in [2.45, 2.75) is 33.6 Å². The summed E-state index contributed by atoms with van der Waals surface area (Å²) in [6, 6.07) is 10.2. The normalized spacial score (nSPS) is 12.1. The van der Waals surface area contributed by atoms with Gasteiger partial charge in [-0.25, -0.2) is 0 Å². The maximum absolute atomic E-state index is 12.1. The third kappa shape index (κ3) is 4.22. The molecule has 0 spiro atoms. The van der Waals surface area contributed by atoms with E-state index >= 15 is 0 Å². The lowest BCUT2D eigenvalue weighted by Crippen LogP contribution is -2.31. The van der Waals surface area contributed by atoms with Crippen molar-refractivity contribution >= 4 is 5.91 Å². The first kappa shape index (κ1) is 15.4. The maximum Gasteiger partial charge on any atom is 0.223 e. The van der Waals surface area contributed by atoms with Gasteiger partial charge in [0.1, 0.15) is 0 Å². The van der Waals surface area contributed by atoms with Crippen molar-refractivity contribution in [1.29, 1.82) is 0 Å². The largest absolute Gasteiger partial charge is 0.365 e. The molecule has 1 aromatic heterocycles. The number of aromatic amines is 1. The Morgan fingerprint density at radius 2 is 1.95 bits per heavy atom. The highest BCUT2D eigenvalue weighted by atomic mass is 16.1. The Bertz CT molecular complexity index is 587. The molecule has 0 aliphatic carbocycles. The molecular weight excluding hydrogens is 260 g/mol. The molecular formula is C18H24N2O. The molecule has 0 saturated heterocycles. The molecule has 1 amide bonds. The summed E-state index contributed by atoms with van der Waals surface area (Å²) in [5.74, 6) is 0.124. The molecule has 0 aliphatic heterocycles. The summed E-state index contributed by atoms with van der Waals surface area (Å²) in [6.45, 7) is 6.84. The van der Waals surface area contributed by atoms with Gasteiger partial charge in [0.25, 0.3) is 0 Å². The molecule has 2 N–H and O–H groups in total. The quantitative estimate of drug-likeness (QED) is 0.841. The molecule has 2 rings (SSSR count). The third-order valence-electron chi connectivity index (χ3n) is 4.04. The van der Waals surface area contributed by atoms with Crippen LogP contribution in [-0.4, -0.2) is 17.4 Å². The predicted octanol–water partition coefficient (Wildman–Crippen LogP) is 3.17. The van der Waals surface area contributed by atoms with Gasteiger partial charge in [0, 0.05) is 24.4 Å². The maximum atomic E-state index is 12.1. The number of hydrogen-bond acceptors (Lipinski definition) is 1. The van der Waals surface area contributed by atoms with Crippen LogP contribution in [0.1, 0.15) is 29.3 Å². The third-order valence-corrected chi connectivity index (χ3v) is 4.04. The molecule has 1 unspecified atom stereocenters. The molecule has 0 fully saturated rings. The van der Waals surface area contributed by atoms with Gasteiger partial charge in [-0.05, 0) is 43.4 Å². The van der Waals surface area contributed by atoms with E-state index in [0.717, 1.165) is 12.8 Å². The van der Waals surface area contributed by atoms with E-state index in [-0.39, 0.29) is 11.8 Å². The van der Waals surface area contributed by atoms with Crippen molar-refractivity contribution < 1.29 is 4.79 Å². The standard InChI is InChI=1S/C18H24N2O/c1-13(11-17-12-20-15(3)14(17)2)18(21)19-10-9-16-7-5-4-6-8-16/h4-8,12-13,20H,9-11H2,1-3H3,(H,19,21). The summed E-state index contributed by atoms with van der Waals surface area (Å²) in [4.78, 5) is 15.3. The van der Waals surface area contributed by atoms with E-state index in [0.29, 0.717) is 6.54 Å². The lowest BCUT2D eigenvalue weighted by Gasteiger charge is -2.12. The van der Waals surface area contributed by atoms with E-state index in [1.54, 1.807) is 0 Å². The first-order chi connectivity index (χ1) is 10.1. The van der Waals surface area contributed by atoms with Gasteiger partial charge < -0.3 is 10.3 Å². The van der Waals surface area contributed by atoms with E-state index < -0.39 is 0 Å². The second-order valence-corrected chi connectivity index (χ2v) is 5.70. The molecule has 1 atom stereocenters. The Morgan fingerprint density at radius 3 is 2.57 bits per heavy atom. The summed E-state index contributed by atoms with van der Waals surface area (Å²) < 4.78 is 0. The number of aryl methyl sites for hydroxylation is 1. The molecule has 3 heteroatoms. The van der Waals surface area contributed by atoms with Crippen LogP contribution >= 0.6 is 0 Å². The lowest BCUT2D eigenvalue weighted by molar-refractivity contribution is -0.124. The second-order valence-electron chi connectivity index (χ2n) is 5.70. The average molecular weight is 284 g/mol. The molecule has 21 heavy (non-hydrogen) atoms. The highest BCUT2D eigenvalue weighted by Gasteiger charge is 2.15. The molecule has 3 nitrogen and oxygen atoms in total. The summed E-state index contributed by atoms with van der Waals surface area (Å²) in [7, 11) is 0. The zero-order valence-electron chi connectivity index (χ0n) is 13.1. The van der Waals surface area contributed by atoms with Crippen LogP contribution < -0.4 is 5.32 Å². The van der Waals surface area contributed by atoms with Crippen molar-refractivity contribution in [1.82, 2.24) is 10.3 Å². The van der Waals surface area contributed by atoms with Crippen molar-refractivity contribution in [3.05, 3.63) is 58.9 Å².